The fourth-order valence-corrected chi connectivity index (χ4v) is 1.29. The number of alkyl halides is 7. The topological polar surface area (TPSA) is 60.6 Å². The molecule has 0 fully saturated rings. The Morgan fingerprint density at radius 1 is 1.05 bits per heavy atom. The first kappa shape index (κ1) is 19.4. The largest absolute Gasteiger partial charge is 0.460 e. The van der Waals surface area contributed by atoms with E-state index in [0.29, 0.717) is 0 Å². The van der Waals surface area contributed by atoms with E-state index in [1.807, 2.05) is 0 Å². The smallest absolute Gasteiger partial charge is 0.412 e. The zero-order valence-corrected chi connectivity index (χ0v) is 10.5. The fourth-order valence-electron chi connectivity index (χ4n) is 1.10. The van der Waals surface area contributed by atoms with Gasteiger partial charge in [0.25, 0.3) is 0 Å². The van der Waals surface area contributed by atoms with Gasteiger partial charge in [-0.25, -0.2) is 0 Å². The number of carbonyl (C=O) groups is 1. The van der Waals surface area contributed by atoms with Crippen LogP contribution in [-0.2, 0) is 4.79 Å². The molecule has 0 aliphatic heterocycles. The number of hydrogen-bond acceptors (Lipinski definition) is 1. The second kappa shape index (κ2) is 6.06. The predicted octanol–water partition coefficient (Wildman–Crippen LogP) is 3.29. The summed E-state index contributed by atoms with van der Waals surface area (Å²) in [5.74, 6) is -15.3. The molecule has 0 aliphatic rings. The molecule has 0 unspecified atom stereocenters. The first-order valence-corrected chi connectivity index (χ1v) is 5.17. The summed E-state index contributed by atoms with van der Waals surface area (Å²) in [6.45, 7) is 0. The van der Waals surface area contributed by atoms with Crippen molar-refractivity contribution in [3.8, 4) is 0 Å². The average molecular weight is 342 g/mol. The van der Waals surface area contributed by atoms with Crippen LogP contribution in [0, 0.1) is 0 Å². The maximum Gasteiger partial charge on any atom is 0.460 e. The SMILES string of the molecule is O.O=C(Nc1cccc(Cl)c1)C(F)(F)C(F)(F)C(F)(F)F. The molecule has 0 saturated carbocycles. The Labute approximate surface area is 118 Å². The number of benzene rings is 1. The van der Waals surface area contributed by atoms with E-state index >= 15 is 0 Å². The first-order chi connectivity index (χ1) is 8.89. The summed E-state index contributed by atoms with van der Waals surface area (Å²) in [4.78, 5) is 11.0. The lowest BCUT2D eigenvalue weighted by molar-refractivity contribution is -0.343. The quantitative estimate of drug-likeness (QED) is 0.843. The molecular formula is C10H7ClF7NO2. The predicted molar refractivity (Wildman–Crippen MR) is 59.6 cm³/mol. The minimum Gasteiger partial charge on any atom is -0.412 e. The highest BCUT2D eigenvalue weighted by Crippen LogP contribution is 2.46. The highest BCUT2D eigenvalue weighted by atomic mass is 35.5. The van der Waals surface area contributed by atoms with Crippen LogP contribution >= 0.6 is 11.6 Å². The second-order valence-corrected chi connectivity index (χ2v) is 4.05. The number of amides is 1. The molecule has 0 spiro atoms. The van der Waals surface area contributed by atoms with Gasteiger partial charge < -0.3 is 10.8 Å². The molecule has 0 atom stereocenters. The van der Waals surface area contributed by atoms with Crippen LogP contribution in [0.5, 0.6) is 0 Å². The lowest BCUT2D eigenvalue weighted by Crippen LogP contribution is -2.57. The van der Waals surface area contributed by atoms with Crippen molar-refractivity contribution in [2.45, 2.75) is 18.0 Å². The Hall–Kier alpha value is -1.55. The number of rotatable bonds is 3. The van der Waals surface area contributed by atoms with Gasteiger partial charge in [0.15, 0.2) is 0 Å². The van der Waals surface area contributed by atoms with Crippen LogP contribution in [0.15, 0.2) is 24.3 Å². The van der Waals surface area contributed by atoms with Gasteiger partial charge in [0.05, 0.1) is 0 Å². The first-order valence-electron chi connectivity index (χ1n) is 4.79. The monoisotopic (exact) mass is 341 g/mol. The molecule has 0 aromatic heterocycles. The molecule has 21 heavy (non-hydrogen) atoms. The summed E-state index contributed by atoms with van der Waals surface area (Å²) in [7, 11) is 0. The summed E-state index contributed by atoms with van der Waals surface area (Å²) in [6.07, 6.45) is -6.57. The summed E-state index contributed by atoms with van der Waals surface area (Å²) in [5, 5.41) is 1.21. The van der Waals surface area contributed by atoms with Gasteiger partial charge in [-0.3, -0.25) is 4.79 Å². The van der Waals surface area contributed by atoms with Crippen LogP contribution < -0.4 is 5.32 Å². The van der Waals surface area contributed by atoms with Gasteiger partial charge in [0, 0.05) is 10.7 Å². The highest BCUT2D eigenvalue weighted by Gasteiger charge is 2.76. The van der Waals surface area contributed by atoms with E-state index < -0.39 is 29.6 Å². The van der Waals surface area contributed by atoms with Crippen molar-refractivity contribution in [3.05, 3.63) is 29.3 Å². The third-order valence-electron chi connectivity index (χ3n) is 2.12. The van der Waals surface area contributed by atoms with Crippen molar-refractivity contribution in [1.29, 1.82) is 0 Å². The molecule has 1 aromatic rings. The molecule has 0 bridgehead atoms. The van der Waals surface area contributed by atoms with Crippen LogP contribution in [0.2, 0.25) is 5.02 Å². The molecule has 0 saturated heterocycles. The number of hydrogen-bond donors (Lipinski definition) is 1. The van der Waals surface area contributed by atoms with Gasteiger partial charge in [0.2, 0.25) is 0 Å². The Morgan fingerprint density at radius 3 is 2.00 bits per heavy atom. The van der Waals surface area contributed by atoms with Gasteiger partial charge in [-0.2, -0.15) is 30.7 Å². The normalized spacial score (nSPS) is 12.6. The maximum absolute atomic E-state index is 13.0. The van der Waals surface area contributed by atoms with Crippen LogP contribution in [0.3, 0.4) is 0 Å². The number of nitrogens with one attached hydrogen (secondary N) is 1. The van der Waals surface area contributed by atoms with Crippen LogP contribution in [0.4, 0.5) is 36.4 Å². The van der Waals surface area contributed by atoms with E-state index in [2.05, 4.69) is 0 Å². The molecule has 0 radical (unpaired) electrons. The molecule has 11 heteroatoms. The lowest BCUT2D eigenvalue weighted by Gasteiger charge is -2.27. The Morgan fingerprint density at radius 2 is 1.57 bits per heavy atom. The van der Waals surface area contributed by atoms with Crippen LogP contribution in [0.25, 0.3) is 0 Å². The van der Waals surface area contributed by atoms with Gasteiger partial charge >= 0.3 is 23.9 Å². The van der Waals surface area contributed by atoms with Crippen molar-refractivity contribution in [2.75, 3.05) is 5.32 Å². The summed E-state index contributed by atoms with van der Waals surface area (Å²) < 4.78 is 86.7. The van der Waals surface area contributed by atoms with E-state index in [-0.39, 0.29) is 10.5 Å². The fraction of sp³-hybridized carbons (Fsp3) is 0.300. The average Bonchev–Trinajstić information content (AvgIpc) is 2.27. The molecule has 0 heterocycles. The van der Waals surface area contributed by atoms with Crippen molar-refractivity contribution in [1.82, 2.24) is 0 Å². The Kier molecular flexibility index (Phi) is 5.61. The standard InChI is InChI=1S/C10H5ClF7NO.H2O/c11-5-2-1-3-6(4-5)19-7(20)8(12,13)9(14,15)10(16,17)18;/h1-4H,(H,19,20);1H2. The maximum atomic E-state index is 13.0. The van der Waals surface area contributed by atoms with Crippen LogP contribution in [-0.4, -0.2) is 29.4 Å². The van der Waals surface area contributed by atoms with Crippen LogP contribution in [0.1, 0.15) is 0 Å². The molecular weight excluding hydrogens is 335 g/mol. The third-order valence-corrected chi connectivity index (χ3v) is 2.35. The molecule has 1 aromatic carbocycles. The van der Waals surface area contributed by atoms with Crippen molar-refractivity contribution >= 4 is 23.2 Å². The zero-order valence-electron chi connectivity index (χ0n) is 9.74. The summed E-state index contributed by atoms with van der Waals surface area (Å²) in [6, 6.07) is 4.35. The van der Waals surface area contributed by atoms with E-state index in [0.717, 1.165) is 12.1 Å². The molecule has 1 rings (SSSR count). The molecule has 3 nitrogen and oxygen atoms in total. The van der Waals surface area contributed by atoms with Gasteiger partial charge in [-0.15, -0.1) is 0 Å². The van der Waals surface area contributed by atoms with Gasteiger partial charge in [-0.05, 0) is 18.2 Å². The third kappa shape index (κ3) is 3.76. The Balaban J connectivity index is 0.00000400. The zero-order chi connectivity index (χ0) is 15.8. The minimum atomic E-state index is -6.57. The van der Waals surface area contributed by atoms with Gasteiger partial charge in [0.1, 0.15) is 0 Å². The summed E-state index contributed by atoms with van der Waals surface area (Å²) >= 11 is 5.44. The summed E-state index contributed by atoms with van der Waals surface area (Å²) in [5.41, 5.74) is -0.444. The minimum absolute atomic E-state index is 0. The molecule has 1 amide bonds. The lowest BCUT2D eigenvalue weighted by atomic mass is 10.1. The van der Waals surface area contributed by atoms with E-state index in [1.54, 1.807) is 0 Å². The van der Waals surface area contributed by atoms with Crippen molar-refractivity contribution < 1.29 is 41.0 Å². The molecule has 120 valence electrons. The van der Waals surface area contributed by atoms with Gasteiger partial charge in [-0.1, -0.05) is 17.7 Å². The van der Waals surface area contributed by atoms with E-state index in [4.69, 9.17) is 11.6 Å². The number of halogens is 8. The number of anilines is 1. The second-order valence-electron chi connectivity index (χ2n) is 3.61. The van der Waals surface area contributed by atoms with E-state index in [9.17, 15) is 35.5 Å². The molecule has 3 N–H and O–H groups in total. The number of carbonyl (C=O) groups excluding carboxylic acids is 1. The van der Waals surface area contributed by atoms with Crippen molar-refractivity contribution in [2.24, 2.45) is 0 Å². The molecule has 0 aliphatic carbocycles. The van der Waals surface area contributed by atoms with E-state index in [1.165, 1.54) is 17.4 Å². The highest BCUT2D eigenvalue weighted by molar-refractivity contribution is 6.30. The van der Waals surface area contributed by atoms with Crippen molar-refractivity contribution in [3.63, 3.8) is 0 Å². The Bertz CT molecular complexity index is 518.